The number of carbonyl (C=O) groups excluding carboxylic acids is 2. The minimum atomic E-state index is -0.151. The van der Waals surface area contributed by atoms with Crippen molar-refractivity contribution in [3.8, 4) is 5.75 Å². The zero-order valence-corrected chi connectivity index (χ0v) is 16.4. The molecule has 1 N–H and O–H groups in total. The molecule has 0 bridgehead atoms. The summed E-state index contributed by atoms with van der Waals surface area (Å²) < 4.78 is 7.63. The molecule has 150 valence electrons. The summed E-state index contributed by atoms with van der Waals surface area (Å²) in [6, 6.07) is 7.08. The normalized spacial score (nSPS) is 13.5. The molecule has 0 saturated heterocycles. The van der Waals surface area contributed by atoms with E-state index in [9.17, 15) is 9.59 Å². The summed E-state index contributed by atoms with van der Waals surface area (Å²) in [4.78, 5) is 24.4. The van der Waals surface area contributed by atoms with Crippen molar-refractivity contribution < 1.29 is 14.3 Å². The van der Waals surface area contributed by atoms with Gasteiger partial charge in [0.25, 0.3) is 0 Å². The molecule has 0 atom stereocenters. The van der Waals surface area contributed by atoms with E-state index < -0.39 is 0 Å². The van der Waals surface area contributed by atoms with Gasteiger partial charge in [-0.05, 0) is 43.5 Å². The van der Waals surface area contributed by atoms with Crippen LogP contribution in [0, 0.1) is 0 Å². The van der Waals surface area contributed by atoms with Gasteiger partial charge in [-0.25, -0.2) is 0 Å². The quantitative estimate of drug-likeness (QED) is 0.672. The Morgan fingerprint density at radius 2 is 1.93 bits per heavy atom. The van der Waals surface area contributed by atoms with E-state index in [2.05, 4.69) is 20.1 Å². The minimum absolute atomic E-state index is 0.0477. The van der Waals surface area contributed by atoms with Gasteiger partial charge >= 0.3 is 0 Å². The molecule has 0 unspecified atom stereocenters. The van der Waals surface area contributed by atoms with Gasteiger partial charge in [-0.2, -0.15) is 0 Å². The van der Waals surface area contributed by atoms with E-state index in [1.165, 1.54) is 6.42 Å². The van der Waals surface area contributed by atoms with Crippen LogP contribution in [0.2, 0.25) is 0 Å². The van der Waals surface area contributed by atoms with Crippen LogP contribution in [0.4, 0.5) is 0 Å². The van der Waals surface area contributed by atoms with Crippen LogP contribution in [0.3, 0.4) is 0 Å². The van der Waals surface area contributed by atoms with Gasteiger partial charge in [0, 0.05) is 31.4 Å². The Morgan fingerprint density at radius 1 is 1.11 bits per heavy atom. The first-order chi connectivity index (χ1) is 13.7. The molecule has 0 fully saturated rings. The van der Waals surface area contributed by atoms with E-state index in [1.54, 1.807) is 24.3 Å². The smallest absolute Gasteiger partial charge is 0.220 e. The van der Waals surface area contributed by atoms with Gasteiger partial charge in [0.05, 0.1) is 13.2 Å². The maximum Gasteiger partial charge on any atom is 0.220 e. The zero-order chi connectivity index (χ0) is 19.8. The summed E-state index contributed by atoms with van der Waals surface area (Å²) in [6.45, 7) is 3.96. The number of benzene rings is 1. The number of rotatable bonds is 9. The number of nitrogens with one attached hydrogen (secondary N) is 1. The molecule has 2 heterocycles. The van der Waals surface area contributed by atoms with Crippen molar-refractivity contribution in [1.29, 1.82) is 0 Å². The second-order valence-corrected chi connectivity index (χ2v) is 7.07. The summed E-state index contributed by atoms with van der Waals surface area (Å²) in [7, 11) is 0. The molecule has 1 aliphatic rings. The fraction of sp³-hybridized carbons (Fsp3) is 0.524. The molecular formula is C21H28N4O3. The lowest BCUT2D eigenvalue weighted by molar-refractivity contribution is -0.121. The Bertz CT molecular complexity index is 798. The van der Waals surface area contributed by atoms with Crippen LogP contribution in [0.5, 0.6) is 5.75 Å². The molecule has 0 aliphatic carbocycles. The molecule has 0 spiro atoms. The Labute approximate surface area is 165 Å². The van der Waals surface area contributed by atoms with Crippen LogP contribution in [0.1, 0.15) is 67.5 Å². The Kier molecular flexibility index (Phi) is 7.17. The third-order valence-corrected chi connectivity index (χ3v) is 4.86. The molecule has 7 nitrogen and oxygen atoms in total. The molecule has 1 aliphatic heterocycles. The molecule has 1 aromatic carbocycles. The van der Waals surface area contributed by atoms with Crippen LogP contribution in [0.15, 0.2) is 24.3 Å². The van der Waals surface area contributed by atoms with Crippen LogP contribution in [0.25, 0.3) is 0 Å². The Morgan fingerprint density at radius 3 is 2.71 bits per heavy atom. The molecule has 0 radical (unpaired) electrons. The van der Waals surface area contributed by atoms with Gasteiger partial charge in [0.1, 0.15) is 11.6 Å². The van der Waals surface area contributed by atoms with Crippen LogP contribution in [-0.4, -0.2) is 33.1 Å². The lowest BCUT2D eigenvalue weighted by Gasteiger charge is -2.08. The molecule has 1 amide bonds. The van der Waals surface area contributed by atoms with E-state index in [4.69, 9.17) is 4.74 Å². The highest BCUT2D eigenvalue weighted by Gasteiger charge is 2.15. The number of Topliss-reactive ketones (excluding diaryl/α,β-unsaturated/α-hetero) is 1. The number of carbonyl (C=O) groups is 2. The molecule has 28 heavy (non-hydrogen) atoms. The van der Waals surface area contributed by atoms with E-state index in [0.717, 1.165) is 49.6 Å². The van der Waals surface area contributed by atoms with Gasteiger partial charge < -0.3 is 14.6 Å². The van der Waals surface area contributed by atoms with Crippen LogP contribution in [-0.2, 0) is 24.3 Å². The number of amides is 1. The predicted octanol–water partition coefficient (Wildman–Crippen LogP) is 3.07. The zero-order valence-electron chi connectivity index (χ0n) is 16.4. The molecule has 0 saturated carbocycles. The average molecular weight is 384 g/mol. The summed E-state index contributed by atoms with van der Waals surface area (Å²) in [5.41, 5.74) is 0.597. The summed E-state index contributed by atoms with van der Waals surface area (Å²) in [5, 5.41) is 11.3. The van der Waals surface area contributed by atoms with E-state index in [-0.39, 0.29) is 24.5 Å². The second-order valence-electron chi connectivity index (χ2n) is 7.07. The topological polar surface area (TPSA) is 86.1 Å². The number of hydrogen-bond donors (Lipinski definition) is 1. The number of aromatic nitrogens is 3. The average Bonchev–Trinajstić information content (AvgIpc) is 2.95. The van der Waals surface area contributed by atoms with Crippen LogP contribution >= 0.6 is 0 Å². The fourth-order valence-electron chi connectivity index (χ4n) is 3.27. The van der Waals surface area contributed by atoms with Crippen molar-refractivity contribution in [3.05, 3.63) is 41.5 Å². The lowest BCUT2D eigenvalue weighted by atomic mass is 10.1. The SMILES string of the molecule is CCCOc1ccc(C(=O)CCC(=O)NCc2nnc3n2CCCCC3)cc1. The monoisotopic (exact) mass is 384 g/mol. The third-order valence-electron chi connectivity index (χ3n) is 4.86. The van der Waals surface area contributed by atoms with Crippen molar-refractivity contribution in [2.45, 2.75) is 65.0 Å². The Hall–Kier alpha value is -2.70. The molecule has 2 aromatic rings. The maximum atomic E-state index is 12.3. The standard InChI is InChI=1S/C21H28N4O3/c1-2-14-28-17-9-7-16(8-10-17)18(26)11-12-21(27)22-15-20-24-23-19-6-4-3-5-13-25(19)20/h7-10H,2-6,11-15H2,1H3,(H,22,27). The van der Waals surface area contributed by atoms with Crippen molar-refractivity contribution >= 4 is 11.7 Å². The van der Waals surface area contributed by atoms with Crippen LogP contribution < -0.4 is 10.1 Å². The van der Waals surface area contributed by atoms with Crippen molar-refractivity contribution in [2.24, 2.45) is 0 Å². The van der Waals surface area contributed by atoms with Crippen molar-refractivity contribution in [3.63, 3.8) is 0 Å². The first-order valence-electron chi connectivity index (χ1n) is 10.1. The van der Waals surface area contributed by atoms with Gasteiger partial charge in [-0.15, -0.1) is 10.2 Å². The van der Waals surface area contributed by atoms with E-state index in [0.29, 0.717) is 18.7 Å². The fourth-order valence-corrected chi connectivity index (χ4v) is 3.27. The number of ether oxygens (including phenoxy) is 1. The highest BCUT2D eigenvalue weighted by atomic mass is 16.5. The predicted molar refractivity (Wildman–Crippen MR) is 105 cm³/mol. The summed E-state index contributed by atoms with van der Waals surface area (Å²) >= 11 is 0. The van der Waals surface area contributed by atoms with Gasteiger partial charge in [0.15, 0.2) is 11.6 Å². The molecule has 1 aromatic heterocycles. The van der Waals surface area contributed by atoms with Crippen molar-refractivity contribution in [2.75, 3.05) is 6.61 Å². The highest BCUT2D eigenvalue weighted by molar-refractivity contribution is 5.98. The first-order valence-corrected chi connectivity index (χ1v) is 10.1. The van der Waals surface area contributed by atoms with Crippen molar-refractivity contribution in [1.82, 2.24) is 20.1 Å². The summed E-state index contributed by atoms with van der Waals surface area (Å²) in [5.74, 6) is 2.35. The van der Waals surface area contributed by atoms with E-state index in [1.807, 2.05) is 6.92 Å². The summed E-state index contributed by atoms with van der Waals surface area (Å²) in [6.07, 6.45) is 5.67. The number of ketones is 1. The molecule has 3 rings (SSSR count). The van der Waals surface area contributed by atoms with Gasteiger partial charge in [-0.1, -0.05) is 13.3 Å². The second kappa shape index (κ2) is 10.0. The van der Waals surface area contributed by atoms with E-state index >= 15 is 0 Å². The lowest BCUT2D eigenvalue weighted by Crippen LogP contribution is -2.25. The Balaban J connectivity index is 1.44. The number of fused-ring (bicyclic) bond motifs is 1. The number of hydrogen-bond acceptors (Lipinski definition) is 5. The minimum Gasteiger partial charge on any atom is -0.494 e. The largest absolute Gasteiger partial charge is 0.494 e. The first kappa shape index (κ1) is 20.0. The number of aryl methyl sites for hydroxylation is 1. The van der Waals surface area contributed by atoms with Gasteiger partial charge in [0.2, 0.25) is 5.91 Å². The molecule has 7 heteroatoms. The van der Waals surface area contributed by atoms with Gasteiger partial charge in [-0.3, -0.25) is 9.59 Å². The highest BCUT2D eigenvalue weighted by Crippen LogP contribution is 2.15. The third kappa shape index (κ3) is 5.41. The number of nitrogens with zero attached hydrogens (tertiary/aromatic N) is 3. The maximum absolute atomic E-state index is 12.3. The molecular weight excluding hydrogens is 356 g/mol.